The second kappa shape index (κ2) is 6.52. The van der Waals surface area contributed by atoms with Crippen molar-refractivity contribution in [3.63, 3.8) is 0 Å². The minimum absolute atomic E-state index is 0.297. The van der Waals surface area contributed by atoms with E-state index in [-0.39, 0.29) is 0 Å². The molecule has 0 bridgehead atoms. The molecule has 1 unspecified atom stereocenters. The molecule has 1 aromatic heterocycles. The van der Waals surface area contributed by atoms with Gasteiger partial charge in [0.1, 0.15) is 0 Å². The van der Waals surface area contributed by atoms with Crippen molar-refractivity contribution in [1.82, 2.24) is 9.78 Å². The van der Waals surface area contributed by atoms with Crippen molar-refractivity contribution >= 4 is 32.8 Å². The second-order valence-corrected chi connectivity index (χ2v) is 6.01. The number of rotatable bonds is 4. The molecule has 1 N–H and O–H groups in total. The first-order valence-corrected chi connectivity index (χ1v) is 7.86. The number of hydrogen-bond acceptors (Lipinski definition) is 4. The minimum Gasteiger partial charge on any atom is -0.465 e. The standard InChI is InChI=1S/C17H15BrN2O3/c1-23-17(22)12-5-2-4-11(8-12)16(21)10-20-9-13-14(18)6-3-7-15(13)19-20/h2-9,16,21H,10H2,1H3. The first-order chi connectivity index (χ1) is 11.1. The number of benzene rings is 2. The van der Waals surface area contributed by atoms with Crippen LogP contribution in [-0.4, -0.2) is 28.0 Å². The van der Waals surface area contributed by atoms with Crippen LogP contribution in [0.5, 0.6) is 0 Å². The summed E-state index contributed by atoms with van der Waals surface area (Å²) < 4.78 is 7.36. The molecule has 5 nitrogen and oxygen atoms in total. The monoisotopic (exact) mass is 374 g/mol. The van der Waals surface area contributed by atoms with E-state index < -0.39 is 12.1 Å². The molecule has 0 aliphatic carbocycles. The Morgan fingerprint density at radius 1 is 1.35 bits per heavy atom. The van der Waals surface area contributed by atoms with Gasteiger partial charge in [0.15, 0.2) is 0 Å². The maximum atomic E-state index is 11.6. The van der Waals surface area contributed by atoms with Crippen LogP contribution in [-0.2, 0) is 11.3 Å². The molecule has 0 radical (unpaired) electrons. The van der Waals surface area contributed by atoms with E-state index >= 15 is 0 Å². The van der Waals surface area contributed by atoms with Crippen molar-refractivity contribution in [3.05, 3.63) is 64.3 Å². The topological polar surface area (TPSA) is 64.3 Å². The Morgan fingerprint density at radius 2 is 2.13 bits per heavy atom. The molecule has 2 aromatic carbocycles. The highest BCUT2D eigenvalue weighted by atomic mass is 79.9. The van der Waals surface area contributed by atoms with Crippen molar-refractivity contribution in [2.45, 2.75) is 12.6 Å². The Balaban J connectivity index is 1.84. The van der Waals surface area contributed by atoms with Gasteiger partial charge in [0, 0.05) is 16.1 Å². The van der Waals surface area contributed by atoms with Crippen LogP contribution >= 0.6 is 15.9 Å². The first kappa shape index (κ1) is 15.7. The lowest BCUT2D eigenvalue weighted by molar-refractivity contribution is 0.0600. The molecule has 1 heterocycles. The van der Waals surface area contributed by atoms with Gasteiger partial charge in [-0.3, -0.25) is 4.68 Å². The fourth-order valence-corrected chi connectivity index (χ4v) is 2.88. The van der Waals surface area contributed by atoms with E-state index in [1.165, 1.54) is 7.11 Å². The van der Waals surface area contributed by atoms with E-state index in [1.54, 1.807) is 28.9 Å². The Morgan fingerprint density at radius 3 is 2.87 bits per heavy atom. The summed E-state index contributed by atoms with van der Waals surface area (Å²) in [6.45, 7) is 0.297. The summed E-state index contributed by atoms with van der Waals surface area (Å²) in [7, 11) is 1.33. The highest BCUT2D eigenvalue weighted by Gasteiger charge is 2.13. The molecule has 0 aliphatic rings. The molecule has 0 amide bonds. The summed E-state index contributed by atoms with van der Waals surface area (Å²) in [6, 6.07) is 12.6. The third kappa shape index (κ3) is 3.28. The Labute approximate surface area is 141 Å². The van der Waals surface area contributed by atoms with Gasteiger partial charge in [-0.25, -0.2) is 4.79 Å². The van der Waals surface area contributed by atoms with Gasteiger partial charge in [-0.1, -0.05) is 34.1 Å². The quantitative estimate of drug-likeness (QED) is 0.711. The molecule has 3 rings (SSSR count). The smallest absolute Gasteiger partial charge is 0.337 e. The molecule has 0 saturated carbocycles. The van der Waals surface area contributed by atoms with Gasteiger partial charge >= 0.3 is 5.97 Å². The zero-order valence-electron chi connectivity index (χ0n) is 12.4. The van der Waals surface area contributed by atoms with Gasteiger partial charge in [-0.15, -0.1) is 0 Å². The molecular formula is C17H15BrN2O3. The molecule has 0 aliphatic heterocycles. The van der Waals surface area contributed by atoms with Crippen LogP contribution in [0.1, 0.15) is 22.0 Å². The average Bonchev–Trinajstić information content (AvgIpc) is 2.98. The number of ether oxygens (including phenoxy) is 1. The van der Waals surface area contributed by atoms with Crippen LogP contribution in [0.25, 0.3) is 10.9 Å². The largest absolute Gasteiger partial charge is 0.465 e. The van der Waals surface area contributed by atoms with Crippen LogP contribution in [0.4, 0.5) is 0 Å². The zero-order valence-corrected chi connectivity index (χ0v) is 14.0. The summed E-state index contributed by atoms with van der Waals surface area (Å²) >= 11 is 3.49. The van der Waals surface area contributed by atoms with Crippen LogP contribution in [0.2, 0.25) is 0 Å². The van der Waals surface area contributed by atoms with E-state index in [0.29, 0.717) is 17.7 Å². The fraction of sp³-hybridized carbons (Fsp3) is 0.176. The van der Waals surface area contributed by atoms with Crippen molar-refractivity contribution in [1.29, 1.82) is 0 Å². The lowest BCUT2D eigenvalue weighted by atomic mass is 10.1. The molecule has 6 heteroatoms. The van der Waals surface area contributed by atoms with Crippen LogP contribution in [0, 0.1) is 0 Å². The van der Waals surface area contributed by atoms with Crippen molar-refractivity contribution in [2.24, 2.45) is 0 Å². The molecular weight excluding hydrogens is 360 g/mol. The third-order valence-electron chi connectivity index (χ3n) is 3.60. The third-order valence-corrected chi connectivity index (χ3v) is 4.29. The molecule has 0 spiro atoms. The predicted octanol–water partition coefficient (Wildman–Crippen LogP) is 3.32. The number of hydrogen-bond donors (Lipinski definition) is 1. The number of methoxy groups -OCH3 is 1. The maximum absolute atomic E-state index is 11.6. The summed E-state index contributed by atoms with van der Waals surface area (Å²) in [5.41, 5.74) is 1.92. The fourth-order valence-electron chi connectivity index (χ4n) is 2.42. The molecule has 23 heavy (non-hydrogen) atoms. The number of carbonyl (C=O) groups is 1. The lowest BCUT2D eigenvalue weighted by Gasteiger charge is -2.12. The molecule has 3 aromatic rings. The number of aliphatic hydroxyl groups is 1. The summed E-state index contributed by atoms with van der Waals surface area (Å²) in [4.78, 5) is 11.6. The number of aromatic nitrogens is 2. The summed E-state index contributed by atoms with van der Waals surface area (Å²) in [6.07, 6.45) is 1.11. The van der Waals surface area contributed by atoms with Crippen molar-refractivity contribution < 1.29 is 14.6 Å². The van der Waals surface area contributed by atoms with E-state index in [1.807, 2.05) is 24.4 Å². The lowest BCUT2D eigenvalue weighted by Crippen LogP contribution is -2.10. The maximum Gasteiger partial charge on any atom is 0.337 e. The second-order valence-electron chi connectivity index (χ2n) is 5.16. The summed E-state index contributed by atoms with van der Waals surface area (Å²) in [5, 5.41) is 15.9. The molecule has 1 atom stereocenters. The number of esters is 1. The van der Waals surface area contributed by atoms with Crippen molar-refractivity contribution in [2.75, 3.05) is 7.11 Å². The van der Waals surface area contributed by atoms with Gasteiger partial charge in [0.05, 0.1) is 30.8 Å². The highest BCUT2D eigenvalue weighted by molar-refractivity contribution is 9.10. The van der Waals surface area contributed by atoms with Gasteiger partial charge in [0.2, 0.25) is 0 Å². The Hall–Kier alpha value is -2.18. The average molecular weight is 375 g/mol. The number of halogens is 1. The summed E-state index contributed by atoms with van der Waals surface area (Å²) in [5.74, 6) is -0.423. The predicted molar refractivity (Wildman–Crippen MR) is 90.2 cm³/mol. The van der Waals surface area contributed by atoms with E-state index in [0.717, 1.165) is 15.4 Å². The molecule has 118 valence electrons. The van der Waals surface area contributed by atoms with Crippen LogP contribution in [0.15, 0.2) is 53.1 Å². The van der Waals surface area contributed by atoms with Crippen molar-refractivity contribution in [3.8, 4) is 0 Å². The number of aliphatic hydroxyl groups excluding tert-OH is 1. The number of carbonyl (C=O) groups excluding carboxylic acids is 1. The molecule has 0 fully saturated rings. The highest BCUT2D eigenvalue weighted by Crippen LogP contribution is 2.24. The Bertz CT molecular complexity index is 860. The number of fused-ring (bicyclic) bond motifs is 1. The van der Waals surface area contributed by atoms with Gasteiger partial charge in [-0.2, -0.15) is 5.10 Å². The zero-order chi connectivity index (χ0) is 16.4. The van der Waals surface area contributed by atoms with E-state index in [4.69, 9.17) is 4.74 Å². The first-order valence-electron chi connectivity index (χ1n) is 7.06. The minimum atomic E-state index is -0.771. The Kier molecular flexibility index (Phi) is 4.45. The normalized spacial score (nSPS) is 12.3. The van der Waals surface area contributed by atoms with Crippen LogP contribution in [0.3, 0.4) is 0 Å². The van der Waals surface area contributed by atoms with E-state index in [2.05, 4.69) is 21.0 Å². The number of nitrogens with zero attached hydrogens (tertiary/aromatic N) is 2. The van der Waals surface area contributed by atoms with Gasteiger partial charge in [0.25, 0.3) is 0 Å². The van der Waals surface area contributed by atoms with Crippen LogP contribution < -0.4 is 0 Å². The molecule has 0 saturated heterocycles. The van der Waals surface area contributed by atoms with Gasteiger partial charge < -0.3 is 9.84 Å². The van der Waals surface area contributed by atoms with E-state index in [9.17, 15) is 9.90 Å². The van der Waals surface area contributed by atoms with Gasteiger partial charge in [-0.05, 0) is 29.8 Å². The SMILES string of the molecule is COC(=O)c1cccc(C(O)Cn2cc3c(Br)cccc3n2)c1.